The lowest BCUT2D eigenvalue weighted by molar-refractivity contribution is -0.184. The van der Waals surface area contributed by atoms with Crippen molar-refractivity contribution in [1.29, 1.82) is 0 Å². The Morgan fingerprint density at radius 1 is 1.50 bits per heavy atom. The van der Waals surface area contributed by atoms with E-state index in [9.17, 15) is 0 Å². The molecule has 1 aliphatic rings. The Morgan fingerprint density at radius 3 is 2.25 bits per heavy atom. The molecule has 0 aromatic heterocycles. The van der Waals surface area contributed by atoms with E-state index < -0.39 is 5.60 Å². The number of aliphatic hydroxyl groups excluding tert-OH is 1. The summed E-state index contributed by atoms with van der Waals surface area (Å²) in [6.45, 7) is 0.807. The molecule has 0 bridgehead atoms. The molecule has 1 heterocycles. The van der Waals surface area contributed by atoms with Gasteiger partial charge in [-0.15, -0.1) is 0 Å². The summed E-state index contributed by atoms with van der Waals surface area (Å²) in [6, 6.07) is 0. The molecule has 0 aromatic carbocycles. The molecule has 0 amide bonds. The number of ether oxygens (including phenoxy) is 1. The van der Waals surface area contributed by atoms with Gasteiger partial charge < -0.3 is 14.9 Å². The largest absolute Gasteiger partial charge is 0.396 e. The number of rotatable bonds is 2. The monoisotopic (exact) mass is 118 g/mol. The lowest BCUT2D eigenvalue weighted by Gasteiger charge is -2.35. The summed E-state index contributed by atoms with van der Waals surface area (Å²) in [5.41, 5.74) is -0.700. The van der Waals surface area contributed by atoms with Crippen LogP contribution >= 0.6 is 0 Å². The van der Waals surface area contributed by atoms with Gasteiger partial charge in [-0.25, -0.2) is 0 Å². The molecule has 8 heavy (non-hydrogen) atoms. The van der Waals surface area contributed by atoms with Gasteiger partial charge in [-0.2, -0.15) is 0 Å². The normalized spacial score (nSPS) is 24.8. The van der Waals surface area contributed by atoms with Gasteiger partial charge in [0.2, 0.25) is 0 Å². The highest BCUT2D eigenvalue weighted by molar-refractivity contribution is 4.84. The van der Waals surface area contributed by atoms with Crippen LogP contribution in [0.2, 0.25) is 0 Å². The highest BCUT2D eigenvalue weighted by Crippen LogP contribution is 2.19. The second-order valence-electron chi connectivity index (χ2n) is 2.19. The molecular weight excluding hydrogens is 108 g/mol. The van der Waals surface area contributed by atoms with Crippen molar-refractivity contribution in [1.82, 2.24) is 0 Å². The van der Waals surface area contributed by atoms with Gasteiger partial charge in [-0.3, -0.25) is 0 Å². The van der Waals surface area contributed by atoms with E-state index in [1.807, 2.05) is 0 Å². The predicted molar refractivity (Wildman–Crippen MR) is 27.5 cm³/mol. The molecule has 2 N–H and O–H groups in total. The van der Waals surface area contributed by atoms with Crippen LogP contribution in [0.1, 0.15) is 6.42 Å². The molecular formula is C5H10O3. The highest BCUT2D eigenvalue weighted by atomic mass is 16.5. The predicted octanol–water partition coefficient (Wildman–Crippen LogP) is -0.870. The molecule has 48 valence electrons. The van der Waals surface area contributed by atoms with Crippen LogP contribution in [-0.4, -0.2) is 35.6 Å². The van der Waals surface area contributed by atoms with E-state index in [1.165, 1.54) is 0 Å². The minimum atomic E-state index is -0.700. The lowest BCUT2D eigenvalue weighted by Crippen LogP contribution is -2.49. The standard InChI is InChI=1S/C5H10O3/c6-2-1-5(7)3-8-4-5/h6-7H,1-4H2. The number of aliphatic hydroxyl groups is 2. The summed E-state index contributed by atoms with van der Waals surface area (Å²) in [7, 11) is 0. The van der Waals surface area contributed by atoms with Crippen molar-refractivity contribution in [2.24, 2.45) is 0 Å². The van der Waals surface area contributed by atoms with Crippen LogP contribution in [-0.2, 0) is 4.74 Å². The van der Waals surface area contributed by atoms with Gasteiger partial charge in [0.15, 0.2) is 0 Å². The van der Waals surface area contributed by atoms with E-state index in [4.69, 9.17) is 14.9 Å². The Morgan fingerprint density at radius 2 is 2.12 bits per heavy atom. The van der Waals surface area contributed by atoms with Crippen LogP contribution < -0.4 is 0 Å². The SMILES string of the molecule is OCCC1(O)COC1. The molecule has 3 nitrogen and oxygen atoms in total. The molecule has 0 saturated carbocycles. The van der Waals surface area contributed by atoms with E-state index in [2.05, 4.69) is 0 Å². The topological polar surface area (TPSA) is 49.7 Å². The first-order chi connectivity index (χ1) is 3.77. The number of hydrogen-bond donors (Lipinski definition) is 2. The van der Waals surface area contributed by atoms with Crippen LogP contribution in [0.3, 0.4) is 0 Å². The molecule has 3 heteroatoms. The highest BCUT2D eigenvalue weighted by Gasteiger charge is 2.34. The average Bonchev–Trinajstić information content (AvgIpc) is 1.64. The first-order valence-electron chi connectivity index (χ1n) is 2.68. The molecule has 0 aliphatic carbocycles. The van der Waals surface area contributed by atoms with Crippen molar-refractivity contribution >= 4 is 0 Å². The van der Waals surface area contributed by atoms with Crippen LogP contribution in [0.4, 0.5) is 0 Å². The maximum absolute atomic E-state index is 9.12. The van der Waals surface area contributed by atoms with Gasteiger partial charge in [-0.1, -0.05) is 0 Å². The van der Waals surface area contributed by atoms with Gasteiger partial charge in [-0.05, 0) is 0 Å². The zero-order valence-corrected chi connectivity index (χ0v) is 4.63. The van der Waals surface area contributed by atoms with Crippen LogP contribution in [0, 0.1) is 0 Å². The average molecular weight is 118 g/mol. The fourth-order valence-corrected chi connectivity index (χ4v) is 0.690. The number of hydrogen-bond acceptors (Lipinski definition) is 3. The van der Waals surface area contributed by atoms with Crippen molar-refractivity contribution in [3.05, 3.63) is 0 Å². The maximum Gasteiger partial charge on any atom is 0.113 e. The van der Waals surface area contributed by atoms with Gasteiger partial charge in [0.25, 0.3) is 0 Å². The zero-order valence-electron chi connectivity index (χ0n) is 4.63. The van der Waals surface area contributed by atoms with Crippen molar-refractivity contribution in [2.45, 2.75) is 12.0 Å². The Hall–Kier alpha value is -0.120. The maximum atomic E-state index is 9.12. The Balaban J connectivity index is 2.20. The first kappa shape index (κ1) is 6.01. The molecule has 0 radical (unpaired) electrons. The summed E-state index contributed by atoms with van der Waals surface area (Å²) in [5.74, 6) is 0. The van der Waals surface area contributed by atoms with Crippen LogP contribution in [0.25, 0.3) is 0 Å². The summed E-state index contributed by atoms with van der Waals surface area (Å²) in [6.07, 6.45) is 0.438. The summed E-state index contributed by atoms with van der Waals surface area (Å²) >= 11 is 0. The fourth-order valence-electron chi connectivity index (χ4n) is 0.690. The Labute approximate surface area is 47.9 Å². The second kappa shape index (κ2) is 2.01. The van der Waals surface area contributed by atoms with E-state index in [0.29, 0.717) is 19.6 Å². The van der Waals surface area contributed by atoms with E-state index in [-0.39, 0.29) is 6.61 Å². The lowest BCUT2D eigenvalue weighted by atomic mass is 9.99. The van der Waals surface area contributed by atoms with Gasteiger partial charge in [0.1, 0.15) is 5.60 Å². The smallest absolute Gasteiger partial charge is 0.113 e. The molecule has 0 atom stereocenters. The minimum Gasteiger partial charge on any atom is -0.396 e. The van der Waals surface area contributed by atoms with Gasteiger partial charge in [0, 0.05) is 13.0 Å². The molecule has 0 aromatic rings. The zero-order chi connectivity index (χ0) is 6.04. The second-order valence-corrected chi connectivity index (χ2v) is 2.19. The van der Waals surface area contributed by atoms with Gasteiger partial charge in [0.05, 0.1) is 13.2 Å². The Kier molecular flexibility index (Phi) is 1.51. The molecule has 1 aliphatic heterocycles. The van der Waals surface area contributed by atoms with Crippen LogP contribution in [0.5, 0.6) is 0 Å². The molecule has 1 rings (SSSR count). The van der Waals surface area contributed by atoms with E-state index in [1.54, 1.807) is 0 Å². The van der Waals surface area contributed by atoms with Gasteiger partial charge >= 0.3 is 0 Å². The molecule has 0 spiro atoms. The first-order valence-corrected chi connectivity index (χ1v) is 2.68. The molecule has 1 saturated heterocycles. The Bertz CT molecular complexity index is 77.7. The van der Waals surface area contributed by atoms with Crippen molar-refractivity contribution in [3.63, 3.8) is 0 Å². The third kappa shape index (κ3) is 0.992. The summed E-state index contributed by atoms with van der Waals surface area (Å²) < 4.78 is 4.73. The third-order valence-corrected chi connectivity index (χ3v) is 1.32. The van der Waals surface area contributed by atoms with E-state index >= 15 is 0 Å². The van der Waals surface area contributed by atoms with Crippen molar-refractivity contribution in [3.8, 4) is 0 Å². The summed E-state index contributed by atoms with van der Waals surface area (Å²) in [5, 5.41) is 17.5. The van der Waals surface area contributed by atoms with Crippen molar-refractivity contribution < 1.29 is 14.9 Å². The fraction of sp³-hybridized carbons (Fsp3) is 1.00. The summed E-state index contributed by atoms with van der Waals surface area (Å²) in [4.78, 5) is 0. The molecule has 0 unspecified atom stereocenters. The quantitative estimate of drug-likeness (QED) is 0.495. The van der Waals surface area contributed by atoms with E-state index in [0.717, 1.165) is 0 Å². The van der Waals surface area contributed by atoms with Crippen molar-refractivity contribution in [2.75, 3.05) is 19.8 Å². The molecule has 1 fully saturated rings. The third-order valence-electron chi connectivity index (χ3n) is 1.32. The minimum absolute atomic E-state index is 0.0415. The van der Waals surface area contributed by atoms with Crippen LogP contribution in [0.15, 0.2) is 0 Å².